The van der Waals surface area contributed by atoms with Gasteiger partial charge in [-0.25, -0.2) is 0 Å². The molecule has 0 atom stereocenters. The van der Waals surface area contributed by atoms with E-state index in [4.69, 9.17) is 10.5 Å². The van der Waals surface area contributed by atoms with Crippen LogP contribution in [0.1, 0.15) is 11.1 Å². The number of ether oxygens (including phenoxy) is 1. The summed E-state index contributed by atoms with van der Waals surface area (Å²) in [5.41, 5.74) is 9.00. The zero-order valence-corrected chi connectivity index (χ0v) is 11.2. The molecule has 0 saturated carbocycles. The lowest BCUT2D eigenvalue weighted by Crippen LogP contribution is -1.93. The number of thioether (sulfide) groups is 1. The molecule has 0 radical (unpaired) electrons. The van der Waals surface area contributed by atoms with Crippen molar-refractivity contribution in [2.75, 3.05) is 11.7 Å². The van der Waals surface area contributed by atoms with Crippen molar-refractivity contribution in [3.8, 4) is 0 Å². The molecule has 2 rings (SSSR count). The molecule has 0 amide bonds. The monoisotopic (exact) mass is 259 g/mol. The van der Waals surface area contributed by atoms with Gasteiger partial charge in [0.05, 0.1) is 12.5 Å². The van der Waals surface area contributed by atoms with Gasteiger partial charge in [0.15, 0.2) is 0 Å². The molecular formula is C15H17NOS. The summed E-state index contributed by atoms with van der Waals surface area (Å²) in [4.78, 5) is 1.18. The maximum Gasteiger partial charge on any atom is 0.0971 e. The fourth-order valence-corrected chi connectivity index (χ4v) is 2.42. The molecule has 0 bridgehead atoms. The van der Waals surface area contributed by atoms with Gasteiger partial charge in [0, 0.05) is 10.6 Å². The minimum Gasteiger partial charge on any atom is -0.399 e. The van der Waals surface area contributed by atoms with Crippen molar-refractivity contribution in [1.29, 1.82) is 0 Å². The van der Waals surface area contributed by atoms with Gasteiger partial charge in [-0.05, 0) is 30.2 Å². The normalized spacial score (nSPS) is 10.5. The van der Waals surface area contributed by atoms with Gasteiger partial charge in [-0.1, -0.05) is 48.2 Å². The van der Waals surface area contributed by atoms with Crippen LogP contribution in [0, 0.1) is 6.92 Å². The minimum atomic E-state index is 0.638. The smallest absolute Gasteiger partial charge is 0.0971 e. The first-order chi connectivity index (χ1) is 8.75. The van der Waals surface area contributed by atoms with Crippen LogP contribution in [0.5, 0.6) is 0 Å². The molecule has 0 aliphatic heterocycles. The number of hydrogen-bond acceptors (Lipinski definition) is 3. The number of aryl methyl sites for hydroxylation is 1. The fourth-order valence-electron chi connectivity index (χ4n) is 1.61. The molecule has 0 heterocycles. The highest BCUT2D eigenvalue weighted by Crippen LogP contribution is 2.24. The highest BCUT2D eigenvalue weighted by atomic mass is 32.2. The fraction of sp³-hybridized carbons (Fsp3) is 0.200. The highest BCUT2D eigenvalue weighted by Gasteiger charge is 2.00. The van der Waals surface area contributed by atoms with E-state index in [-0.39, 0.29) is 0 Å². The van der Waals surface area contributed by atoms with Gasteiger partial charge in [0.1, 0.15) is 0 Å². The SMILES string of the molecule is Cc1ccc(N)cc1SCOCc1ccccc1. The molecule has 94 valence electrons. The van der Waals surface area contributed by atoms with Crippen LogP contribution in [0.4, 0.5) is 5.69 Å². The summed E-state index contributed by atoms with van der Waals surface area (Å²) in [7, 11) is 0. The first-order valence-electron chi connectivity index (χ1n) is 5.86. The summed E-state index contributed by atoms with van der Waals surface area (Å²) in [6.07, 6.45) is 0. The number of nitrogens with two attached hydrogens (primary N) is 1. The van der Waals surface area contributed by atoms with Crippen LogP contribution in [0.2, 0.25) is 0 Å². The first kappa shape index (κ1) is 13.0. The van der Waals surface area contributed by atoms with E-state index in [1.165, 1.54) is 16.0 Å². The number of nitrogen functional groups attached to an aromatic ring is 1. The predicted octanol–water partition coefficient (Wildman–Crippen LogP) is 3.84. The van der Waals surface area contributed by atoms with Gasteiger partial charge < -0.3 is 10.5 Å². The summed E-state index contributed by atoms with van der Waals surface area (Å²) in [5, 5.41) is 0. The molecule has 0 unspecified atom stereocenters. The van der Waals surface area contributed by atoms with E-state index in [1.807, 2.05) is 36.4 Å². The Morgan fingerprint density at radius 1 is 1.11 bits per heavy atom. The summed E-state index contributed by atoms with van der Waals surface area (Å²) < 4.78 is 5.64. The Balaban J connectivity index is 1.80. The molecule has 2 N–H and O–H groups in total. The molecular weight excluding hydrogens is 242 g/mol. The van der Waals surface area contributed by atoms with Crippen molar-refractivity contribution in [2.45, 2.75) is 18.4 Å². The molecule has 0 spiro atoms. The van der Waals surface area contributed by atoms with Crippen molar-refractivity contribution >= 4 is 17.4 Å². The second-order valence-corrected chi connectivity index (χ2v) is 5.09. The Morgan fingerprint density at radius 3 is 2.67 bits per heavy atom. The van der Waals surface area contributed by atoms with Gasteiger partial charge in [-0.3, -0.25) is 0 Å². The number of anilines is 1. The third-order valence-corrected chi connectivity index (χ3v) is 3.66. The van der Waals surface area contributed by atoms with Crippen molar-refractivity contribution in [1.82, 2.24) is 0 Å². The molecule has 0 aliphatic rings. The van der Waals surface area contributed by atoms with Gasteiger partial charge >= 0.3 is 0 Å². The van der Waals surface area contributed by atoms with Crippen molar-refractivity contribution < 1.29 is 4.74 Å². The highest BCUT2D eigenvalue weighted by molar-refractivity contribution is 7.99. The van der Waals surface area contributed by atoms with Crippen LogP contribution >= 0.6 is 11.8 Å². The van der Waals surface area contributed by atoms with E-state index in [0.29, 0.717) is 12.5 Å². The molecule has 2 nitrogen and oxygen atoms in total. The molecule has 18 heavy (non-hydrogen) atoms. The quantitative estimate of drug-likeness (QED) is 0.383. The first-order valence-corrected chi connectivity index (χ1v) is 6.85. The van der Waals surface area contributed by atoms with Crippen molar-refractivity contribution in [2.24, 2.45) is 0 Å². The predicted molar refractivity (Wildman–Crippen MR) is 77.5 cm³/mol. The van der Waals surface area contributed by atoms with Crippen LogP contribution in [0.15, 0.2) is 53.4 Å². The molecule has 3 heteroatoms. The third-order valence-electron chi connectivity index (χ3n) is 2.62. The van der Waals surface area contributed by atoms with Crippen LogP contribution in [-0.2, 0) is 11.3 Å². The molecule has 2 aromatic carbocycles. The molecule has 0 aliphatic carbocycles. The van der Waals surface area contributed by atoms with Crippen molar-refractivity contribution in [3.05, 3.63) is 59.7 Å². The zero-order valence-electron chi connectivity index (χ0n) is 10.4. The summed E-state index contributed by atoms with van der Waals surface area (Å²) in [5.74, 6) is 0.638. The van der Waals surface area contributed by atoms with E-state index in [9.17, 15) is 0 Å². The number of rotatable bonds is 5. The van der Waals surface area contributed by atoms with Crippen LogP contribution in [0.25, 0.3) is 0 Å². The summed E-state index contributed by atoms with van der Waals surface area (Å²) in [6.45, 7) is 2.73. The molecule has 2 aromatic rings. The lowest BCUT2D eigenvalue weighted by molar-refractivity contribution is 0.169. The van der Waals surface area contributed by atoms with Crippen LogP contribution < -0.4 is 5.73 Å². The Bertz CT molecular complexity index is 499. The van der Waals surface area contributed by atoms with Crippen LogP contribution in [-0.4, -0.2) is 5.94 Å². The topological polar surface area (TPSA) is 35.2 Å². The summed E-state index contributed by atoms with van der Waals surface area (Å²) in [6, 6.07) is 16.1. The Hall–Kier alpha value is -1.45. The Labute approximate surface area is 112 Å². The van der Waals surface area contributed by atoms with Crippen LogP contribution in [0.3, 0.4) is 0 Å². The maximum atomic E-state index is 5.77. The molecule has 0 saturated heterocycles. The average molecular weight is 259 g/mol. The van der Waals surface area contributed by atoms with Gasteiger partial charge in [0.25, 0.3) is 0 Å². The lowest BCUT2D eigenvalue weighted by Gasteiger charge is -2.07. The average Bonchev–Trinajstić information content (AvgIpc) is 2.40. The Morgan fingerprint density at radius 2 is 1.89 bits per heavy atom. The minimum absolute atomic E-state index is 0.638. The van der Waals surface area contributed by atoms with Crippen molar-refractivity contribution in [3.63, 3.8) is 0 Å². The van der Waals surface area contributed by atoms with E-state index in [2.05, 4.69) is 19.1 Å². The van der Waals surface area contributed by atoms with E-state index in [1.54, 1.807) is 11.8 Å². The summed E-state index contributed by atoms with van der Waals surface area (Å²) >= 11 is 1.68. The molecule has 0 fully saturated rings. The van der Waals surface area contributed by atoms with E-state index < -0.39 is 0 Å². The maximum absolute atomic E-state index is 5.77. The standard InChI is InChI=1S/C15H17NOS/c1-12-7-8-14(16)9-15(12)18-11-17-10-13-5-3-2-4-6-13/h2-9H,10-11,16H2,1H3. The van der Waals surface area contributed by atoms with E-state index in [0.717, 1.165) is 5.69 Å². The zero-order chi connectivity index (χ0) is 12.8. The van der Waals surface area contributed by atoms with Gasteiger partial charge in [-0.2, -0.15) is 0 Å². The van der Waals surface area contributed by atoms with Gasteiger partial charge in [-0.15, -0.1) is 0 Å². The molecule has 0 aromatic heterocycles. The second-order valence-electron chi connectivity index (χ2n) is 4.12. The second kappa shape index (κ2) is 6.47. The Kier molecular flexibility index (Phi) is 4.67. The number of hydrogen-bond donors (Lipinski definition) is 1. The number of benzene rings is 2. The largest absolute Gasteiger partial charge is 0.399 e. The third kappa shape index (κ3) is 3.79. The van der Waals surface area contributed by atoms with E-state index >= 15 is 0 Å². The lowest BCUT2D eigenvalue weighted by atomic mass is 10.2. The van der Waals surface area contributed by atoms with Gasteiger partial charge in [0.2, 0.25) is 0 Å².